The highest BCUT2D eigenvalue weighted by Gasteiger charge is 2.22. The van der Waals surface area contributed by atoms with Crippen molar-refractivity contribution < 1.29 is 0 Å². The molecule has 6 aromatic rings. The number of fused-ring (bicyclic) bond motifs is 4. The van der Waals surface area contributed by atoms with Crippen molar-refractivity contribution in [3.63, 3.8) is 0 Å². The van der Waals surface area contributed by atoms with E-state index in [0.717, 1.165) is 51.0 Å². The van der Waals surface area contributed by atoms with Crippen LogP contribution in [-0.2, 0) is 7.05 Å². The van der Waals surface area contributed by atoms with Crippen LogP contribution in [-0.4, -0.2) is 47.7 Å². The number of nitrogens with zero attached hydrogens (tertiary/aromatic N) is 8. The van der Waals surface area contributed by atoms with Crippen molar-refractivity contribution in [2.24, 2.45) is 7.05 Å². The largest absolute Gasteiger partial charge is 0.377 e. The molecule has 1 aromatic carbocycles. The van der Waals surface area contributed by atoms with E-state index in [-0.39, 0.29) is 17.2 Å². The van der Waals surface area contributed by atoms with E-state index in [0.29, 0.717) is 5.52 Å². The van der Waals surface area contributed by atoms with Crippen LogP contribution in [0.5, 0.6) is 0 Å². The average molecular weight is 555 g/mol. The molecule has 1 fully saturated rings. The van der Waals surface area contributed by atoms with Gasteiger partial charge in [-0.2, -0.15) is 0 Å². The fourth-order valence-corrected chi connectivity index (χ4v) is 6.21. The Bertz CT molecular complexity index is 1950. The van der Waals surface area contributed by atoms with E-state index in [1.54, 1.807) is 29.4 Å². The van der Waals surface area contributed by atoms with Crippen LogP contribution in [0.25, 0.3) is 38.0 Å². The fourth-order valence-electron chi connectivity index (χ4n) is 5.50. The lowest BCUT2D eigenvalue weighted by atomic mass is 9.95. The van der Waals surface area contributed by atoms with Crippen LogP contribution in [0.1, 0.15) is 38.1 Å². The minimum Gasteiger partial charge on any atom is -0.377 e. The molecular formula is C29H30N8O2S. The molecule has 204 valence electrons. The zero-order valence-corrected chi connectivity index (χ0v) is 23.5. The topological polar surface area (TPSA) is 104 Å². The molecule has 1 aliphatic rings. The van der Waals surface area contributed by atoms with Crippen molar-refractivity contribution >= 4 is 49.3 Å². The lowest BCUT2D eigenvalue weighted by Crippen LogP contribution is -2.27. The number of rotatable bonds is 3. The van der Waals surface area contributed by atoms with Gasteiger partial charge in [0.15, 0.2) is 0 Å². The monoisotopic (exact) mass is 554 g/mol. The molecule has 0 bridgehead atoms. The Labute approximate surface area is 234 Å². The molecule has 0 unspecified atom stereocenters. The molecule has 10 nitrogen and oxygen atoms in total. The molecule has 11 heteroatoms. The van der Waals surface area contributed by atoms with Crippen molar-refractivity contribution in [2.75, 3.05) is 19.0 Å². The van der Waals surface area contributed by atoms with Gasteiger partial charge in [0.2, 0.25) is 0 Å². The number of benzene rings is 1. The van der Waals surface area contributed by atoms with Crippen molar-refractivity contribution in [3.8, 4) is 5.69 Å². The van der Waals surface area contributed by atoms with Gasteiger partial charge >= 0.3 is 0 Å². The Morgan fingerprint density at radius 2 is 1.77 bits per heavy atom. The molecule has 40 heavy (non-hydrogen) atoms. The maximum Gasteiger partial charge on any atom is 0.278 e. The molecule has 1 saturated carbocycles. The van der Waals surface area contributed by atoms with Gasteiger partial charge in [-0.05, 0) is 37.1 Å². The van der Waals surface area contributed by atoms with E-state index >= 15 is 0 Å². The Balaban J connectivity index is 0.000000157. The zero-order valence-electron chi connectivity index (χ0n) is 22.7. The first-order valence-corrected chi connectivity index (χ1v) is 14.2. The number of hydrogen-bond acceptors (Lipinski definition) is 8. The molecule has 0 radical (unpaired) electrons. The molecule has 0 spiro atoms. The maximum absolute atomic E-state index is 13.2. The van der Waals surface area contributed by atoms with E-state index in [1.807, 2.05) is 59.4 Å². The third kappa shape index (κ3) is 4.56. The molecule has 0 aliphatic heterocycles. The number of hydrogen-bond donors (Lipinski definition) is 0. The van der Waals surface area contributed by atoms with Crippen molar-refractivity contribution in [2.45, 2.75) is 38.1 Å². The lowest BCUT2D eigenvalue weighted by molar-refractivity contribution is 0.344. The van der Waals surface area contributed by atoms with Crippen LogP contribution in [0, 0.1) is 0 Å². The number of anilines is 1. The second-order valence-electron chi connectivity index (χ2n) is 10.2. The van der Waals surface area contributed by atoms with Gasteiger partial charge in [0.05, 0.1) is 38.8 Å². The summed E-state index contributed by atoms with van der Waals surface area (Å²) in [6.07, 6.45) is 12.3. The van der Waals surface area contributed by atoms with Gasteiger partial charge < -0.3 is 9.47 Å². The molecule has 1 aliphatic carbocycles. The first kappa shape index (κ1) is 25.9. The van der Waals surface area contributed by atoms with Gasteiger partial charge in [-0.15, -0.1) is 11.3 Å². The van der Waals surface area contributed by atoms with Gasteiger partial charge in [-0.25, -0.2) is 19.9 Å². The van der Waals surface area contributed by atoms with E-state index in [2.05, 4.69) is 19.9 Å². The Kier molecular flexibility index (Phi) is 6.89. The lowest BCUT2D eigenvalue weighted by Gasteiger charge is -2.23. The van der Waals surface area contributed by atoms with Crippen LogP contribution < -0.4 is 16.0 Å². The first-order chi connectivity index (χ1) is 19.4. The minimum absolute atomic E-state index is 0.0529. The van der Waals surface area contributed by atoms with Crippen molar-refractivity contribution in [1.29, 1.82) is 0 Å². The third-order valence-corrected chi connectivity index (χ3v) is 8.33. The normalized spacial score (nSPS) is 14.0. The summed E-state index contributed by atoms with van der Waals surface area (Å²) in [4.78, 5) is 44.1. The van der Waals surface area contributed by atoms with Crippen molar-refractivity contribution in [3.05, 3.63) is 81.6 Å². The number of aromatic nitrogens is 7. The van der Waals surface area contributed by atoms with E-state index in [1.165, 1.54) is 42.4 Å². The molecule has 7 rings (SSSR count). The highest BCUT2D eigenvalue weighted by molar-refractivity contribution is 7.16. The molecule has 0 saturated heterocycles. The molecule has 0 N–H and O–H groups in total. The summed E-state index contributed by atoms with van der Waals surface area (Å²) in [5, 5.41) is 0.952. The second-order valence-corrected chi connectivity index (χ2v) is 11.1. The first-order valence-electron chi connectivity index (χ1n) is 13.3. The van der Waals surface area contributed by atoms with E-state index in [9.17, 15) is 9.59 Å². The highest BCUT2D eigenvalue weighted by atomic mass is 32.1. The van der Waals surface area contributed by atoms with E-state index in [4.69, 9.17) is 0 Å². The van der Waals surface area contributed by atoms with Gasteiger partial charge in [-0.1, -0.05) is 19.3 Å². The predicted molar refractivity (Wildman–Crippen MR) is 160 cm³/mol. The fraction of sp³-hybridized carbons (Fsp3) is 0.310. The standard InChI is InChI=1S/C18H23N5O.C11H7N3OS/c1-21(2)13-9-10-19-17-14(13)15-16(22(17)3)18(24)23(11-20-15)12-7-5-4-6-8-12;15-11-3-4-12-6-14(11)8-1-2-9-10(5-8)16-7-13-9/h9-12H,4-8H2,1-3H3;1-7H. The molecule has 5 heterocycles. The van der Waals surface area contributed by atoms with Gasteiger partial charge in [0.1, 0.15) is 23.0 Å². The predicted octanol–water partition coefficient (Wildman–Crippen LogP) is 4.70. The molecule has 0 atom stereocenters. The van der Waals surface area contributed by atoms with Crippen LogP contribution in [0.3, 0.4) is 0 Å². The second kappa shape index (κ2) is 10.6. The summed E-state index contributed by atoms with van der Waals surface area (Å²) in [6.45, 7) is 0. The molecular weight excluding hydrogens is 524 g/mol. The van der Waals surface area contributed by atoms with Crippen molar-refractivity contribution in [1.82, 2.24) is 33.6 Å². The third-order valence-electron chi connectivity index (χ3n) is 7.54. The van der Waals surface area contributed by atoms with Gasteiger partial charge in [0.25, 0.3) is 11.1 Å². The Morgan fingerprint density at radius 3 is 2.55 bits per heavy atom. The molecule has 5 aromatic heterocycles. The smallest absolute Gasteiger partial charge is 0.278 e. The number of pyridine rings is 1. The SMILES string of the molecule is CN(C)c1ccnc2c1c1ncn(C3CCCCC3)c(=O)c1n2C.O=c1ccncn1-c1ccc2ncsc2c1. The summed E-state index contributed by atoms with van der Waals surface area (Å²) in [6, 6.07) is 9.40. The Hall–Kier alpha value is -4.38. The summed E-state index contributed by atoms with van der Waals surface area (Å²) >= 11 is 1.56. The van der Waals surface area contributed by atoms with Crippen LogP contribution in [0.15, 0.2) is 70.5 Å². The zero-order chi connectivity index (χ0) is 27.8. The molecule has 0 amide bonds. The van der Waals surface area contributed by atoms with Gasteiger partial charge in [0, 0.05) is 45.6 Å². The maximum atomic E-state index is 13.2. The average Bonchev–Trinajstić information content (AvgIpc) is 3.56. The minimum atomic E-state index is -0.0844. The summed E-state index contributed by atoms with van der Waals surface area (Å²) in [5.41, 5.74) is 6.77. The Morgan fingerprint density at radius 1 is 0.950 bits per heavy atom. The summed E-state index contributed by atoms with van der Waals surface area (Å²) in [5.74, 6) is 0. The van der Waals surface area contributed by atoms with Crippen LogP contribution in [0.4, 0.5) is 5.69 Å². The number of aryl methyl sites for hydroxylation is 1. The van der Waals surface area contributed by atoms with Crippen LogP contribution >= 0.6 is 11.3 Å². The highest BCUT2D eigenvalue weighted by Crippen LogP contribution is 2.32. The van der Waals surface area contributed by atoms with Crippen LogP contribution in [0.2, 0.25) is 0 Å². The summed E-state index contributed by atoms with van der Waals surface area (Å²) in [7, 11) is 5.90. The van der Waals surface area contributed by atoms with Gasteiger partial charge in [-0.3, -0.25) is 18.7 Å². The quantitative estimate of drug-likeness (QED) is 0.312. The van der Waals surface area contributed by atoms with E-state index < -0.39 is 0 Å². The number of thiazole rings is 1. The summed E-state index contributed by atoms with van der Waals surface area (Å²) < 4.78 is 6.31.